The number of hydrogen-bond donors (Lipinski definition) is 3. The Morgan fingerprint density at radius 1 is 0.288 bits per heavy atom. The molecule has 0 saturated carbocycles. The predicted octanol–water partition coefficient (Wildman–Crippen LogP) is 23.0. The number of aliphatic hydroxyl groups is 1. The van der Waals surface area contributed by atoms with Gasteiger partial charge in [-0.1, -0.05) is 275 Å². The largest absolute Gasteiger partial charge is 0.472 e. The third-order valence-electron chi connectivity index (χ3n) is 15.7. The van der Waals surface area contributed by atoms with Crippen molar-refractivity contribution in [1.29, 1.82) is 0 Å². The molecule has 0 bridgehead atoms. The van der Waals surface area contributed by atoms with Gasteiger partial charge in [0, 0.05) is 19.3 Å². The second kappa shape index (κ2) is 75.6. The van der Waals surface area contributed by atoms with E-state index in [9.17, 15) is 43.2 Å². The van der Waals surface area contributed by atoms with E-state index in [-0.39, 0.29) is 25.7 Å². The van der Waals surface area contributed by atoms with Gasteiger partial charge in [-0.3, -0.25) is 37.3 Å². The molecule has 0 aromatic carbocycles. The number of aliphatic hydroxyl groups excluding tert-OH is 1. The maximum Gasteiger partial charge on any atom is 0.472 e. The molecule has 17 nitrogen and oxygen atoms in total. The van der Waals surface area contributed by atoms with E-state index in [0.717, 1.165) is 167 Å². The highest BCUT2D eigenvalue weighted by Gasteiger charge is 2.30. The minimum atomic E-state index is -5.02. The predicted molar refractivity (Wildman–Crippen MR) is 426 cm³/mol. The van der Waals surface area contributed by atoms with E-state index in [2.05, 4.69) is 174 Å². The smallest absolute Gasteiger partial charge is 0.462 e. The van der Waals surface area contributed by atoms with Gasteiger partial charge >= 0.3 is 39.5 Å². The summed E-state index contributed by atoms with van der Waals surface area (Å²) in [7, 11) is -10.0. The minimum absolute atomic E-state index is 0.0682. The van der Waals surface area contributed by atoms with Gasteiger partial charge in [0.05, 0.1) is 32.8 Å². The van der Waals surface area contributed by atoms with Gasteiger partial charge in [-0.05, 0) is 154 Å². The van der Waals surface area contributed by atoms with Crippen molar-refractivity contribution in [3.8, 4) is 0 Å². The summed E-state index contributed by atoms with van der Waals surface area (Å²) >= 11 is 0. The third kappa shape index (κ3) is 74.7. The Bertz CT molecular complexity index is 2640. The van der Waals surface area contributed by atoms with Crippen LogP contribution in [0.5, 0.6) is 0 Å². The Kier molecular flexibility index (Phi) is 71.6. The second-order valence-corrected chi connectivity index (χ2v) is 28.4. The number of rotatable bonds is 72. The van der Waals surface area contributed by atoms with Gasteiger partial charge in [0.25, 0.3) is 0 Å². The zero-order valence-electron chi connectivity index (χ0n) is 64.4. The number of hydrogen-bond acceptors (Lipinski definition) is 15. The number of carbonyl (C=O) groups is 4. The van der Waals surface area contributed by atoms with E-state index in [1.807, 2.05) is 12.2 Å². The molecule has 5 unspecified atom stereocenters. The van der Waals surface area contributed by atoms with Gasteiger partial charge in [-0.25, -0.2) is 9.13 Å². The molecule has 104 heavy (non-hydrogen) atoms. The first-order valence-electron chi connectivity index (χ1n) is 39.4. The fourth-order valence-corrected chi connectivity index (χ4v) is 11.4. The fraction of sp³-hybridized carbons (Fsp3) is 0.624. The van der Waals surface area contributed by atoms with E-state index in [1.54, 1.807) is 12.2 Å². The minimum Gasteiger partial charge on any atom is -0.462 e. The Hall–Kier alpha value is -5.58. The summed E-state index contributed by atoms with van der Waals surface area (Å²) in [6.45, 7) is 4.32. The molecule has 3 N–H and O–H groups in total. The van der Waals surface area contributed by atoms with Crippen LogP contribution in [0.4, 0.5) is 0 Å². The van der Waals surface area contributed by atoms with Crippen molar-refractivity contribution in [2.75, 3.05) is 39.6 Å². The first-order chi connectivity index (χ1) is 50.7. The van der Waals surface area contributed by atoms with Gasteiger partial charge < -0.3 is 33.8 Å². The van der Waals surface area contributed by atoms with Crippen molar-refractivity contribution in [3.05, 3.63) is 170 Å². The Labute approximate surface area is 629 Å². The average molecular weight is 1490 g/mol. The van der Waals surface area contributed by atoms with Crippen LogP contribution in [0, 0.1) is 0 Å². The van der Waals surface area contributed by atoms with E-state index in [0.29, 0.717) is 25.7 Å². The molecule has 5 atom stereocenters. The van der Waals surface area contributed by atoms with Crippen LogP contribution >= 0.6 is 15.6 Å². The van der Waals surface area contributed by atoms with Crippen LogP contribution in [0.15, 0.2) is 170 Å². The van der Waals surface area contributed by atoms with Crippen LogP contribution in [-0.2, 0) is 65.4 Å². The summed E-state index contributed by atoms with van der Waals surface area (Å²) < 4.78 is 68.4. The first-order valence-corrected chi connectivity index (χ1v) is 42.4. The van der Waals surface area contributed by atoms with Gasteiger partial charge in [0.15, 0.2) is 12.2 Å². The molecule has 590 valence electrons. The zero-order valence-corrected chi connectivity index (χ0v) is 66.2. The summed E-state index contributed by atoms with van der Waals surface area (Å²) in [5.41, 5.74) is 0. The van der Waals surface area contributed by atoms with E-state index >= 15 is 0 Å². The molecule has 0 aromatic heterocycles. The van der Waals surface area contributed by atoms with E-state index in [1.165, 1.54) is 38.5 Å². The fourth-order valence-electron chi connectivity index (χ4n) is 9.80. The number of phosphoric ester groups is 2. The summed E-state index contributed by atoms with van der Waals surface area (Å²) in [4.78, 5) is 72.9. The van der Waals surface area contributed by atoms with Crippen LogP contribution < -0.4 is 0 Å². The maximum absolute atomic E-state index is 13.1. The highest BCUT2D eigenvalue weighted by atomic mass is 31.2. The van der Waals surface area contributed by atoms with Crippen molar-refractivity contribution in [2.24, 2.45) is 0 Å². The van der Waals surface area contributed by atoms with Crippen molar-refractivity contribution >= 4 is 39.5 Å². The SMILES string of the molecule is CC/C=C\C/C=C\C/C=C\C/C=C\C/C=C\CC(=O)OC(COC(=O)CCCCCCCC/C=C\C/C=C\C/C=C\C/C=C\CC)COP(=O)(O)OCC(O)COP(=O)(O)OCC(COC(=O)CCCC/C=C\C/C=C\C/C=C\C/C=C\CC)OC(=O)CCCCCCC/C=C\CCCCCCCC. The van der Waals surface area contributed by atoms with Crippen LogP contribution in [0.2, 0.25) is 0 Å². The molecule has 0 radical (unpaired) electrons. The maximum atomic E-state index is 13.1. The summed E-state index contributed by atoms with van der Waals surface area (Å²) in [6, 6.07) is 0. The molecule has 0 heterocycles. The first kappa shape index (κ1) is 98.4. The number of ether oxygens (including phenoxy) is 4. The molecule has 0 aliphatic rings. The monoisotopic (exact) mass is 1490 g/mol. The van der Waals surface area contributed by atoms with Crippen LogP contribution in [0.25, 0.3) is 0 Å². The van der Waals surface area contributed by atoms with Crippen LogP contribution in [-0.4, -0.2) is 96.7 Å². The van der Waals surface area contributed by atoms with Crippen molar-refractivity contribution in [3.63, 3.8) is 0 Å². The zero-order chi connectivity index (χ0) is 76.0. The van der Waals surface area contributed by atoms with E-state index in [4.69, 9.17) is 37.0 Å². The summed E-state index contributed by atoms with van der Waals surface area (Å²) in [5, 5.41) is 10.6. The van der Waals surface area contributed by atoms with Crippen molar-refractivity contribution in [2.45, 2.75) is 303 Å². The molecule has 19 heteroatoms. The lowest BCUT2D eigenvalue weighted by Crippen LogP contribution is -2.30. The molecular formula is C85H138O17P2. The Morgan fingerprint density at radius 2 is 0.538 bits per heavy atom. The third-order valence-corrected chi connectivity index (χ3v) is 17.6. The molecule has 0 aromatic rings. The molecule has 0 saturated heterocycles. The topological polar surface area (TPSA) is 237 Å². The van der Waals surface area contributed by atoms with Crippen molar-refractivity contribution < 1.29 is 80.2 Å². The molecule has 0 amide bonds. The molecular weight excluding hydrogens is 1350 g/mol. The Morgan fingerprint density at radius 3 is 0.885 bits per heavy atom. The molecule has 0 fully saturated rings. The number of esters is 4. The summed E-state index contributed by atoms with van der Waals surface area (Å²) in [6.07, 6.45) is 89.4. The van der Waals surface area contributed by atoms with Crippen LogP contribution in [0.1, 0.15) is 285 Å². The number of carbonyl (C=O) groups excluding carboxylic acids is 4. The van der Waals surface area contributed by atoms with Crippen LogP contribution in [0.3, 0.4) is 0 Å². The lowest BCUT2D eigenvalue weighted by Gasteiger charge is -2.21. The lowest BCUT2D eigenvalue weighted by molar-refractivity contribution is -0.161. The van der Waals surface area contributed by atoms with Gasteiger partial charge in [-0.2, -0.15) is 0 Å². The number of unbranched alkanes of at least 4 members (excludes halogenated alkanes) is 19. The second-order valence-electron chi connectivity index (χ2n) is 25.5. The number of allylic oxidation sites excluding steroid dienone is 27. The quantitative estimate of drug-likeness (QED) is 0.0169. The summed E-state index contributed by atoms with van der Waals surface area (Å²) in [5.74, 6) is -2.41. The standard InChI is InChI=1S/C85H138O17P2/c1-5-9-13-17-21-25-29-33-37-38-39-40-44-46-50-54-58-62-66-70-83(88)96-76-81(102-85(90)72-68-64-60-56-52-48-43-36-32-28-24-20-16-12-8-4)78-100-104(93,94)98-74-79(86)73-97-103(91,92)99-77-80(101-84(89)71-67-63-59-55-51-47-42-35-31-27-23-19-15-11-7-3)75-95-82(87)69-65-61-57-53-49-45-41-34-30-26-22-18-14-10-6-2/h9-10,12-14,16,21-22,24-26,28,33-37,39-43,49,52-53,56,64,68,79-81,86H,5-8,11,15,17-20,23,27,29-32,38,44-48,50-51,54-55,57-63,65-67,69-78H2,1-4H3,(H,91,92)(H,93,94)/b13-9-,14-10-,16-12-,25-21-,26-22-,28-24-,37-33-,40-39-,41-34-,42-35-,43-36-,53-49-,56-52-,68-64-. The van der Waals surface area contributed by atoms with Gasteiger partial charge in [0.2, 0.25) is 0 Å². The van der Waals surface area contributed by atoms with Crippen molar-refractivity contribution in [1.82, 2.24) is 0 Å². The Balaban J connectivity index is 5.48. The molecule has 0 spiro atoms. The highest BCUT2D eigenvalue weighted by Crippen LogP contribution is 2.45. The number of phosphoric acid groups is 2. The normalized spacial score (nSPS) is 14.8. The molecule has 0 aliphatic carbocycles. The lowest BCUT2D eigenvalue weighted by atomic mass is 10.1. The van der Waals surface area contributed by atoms with Gasteiger partial charge in [0.1, 0.15) is 19.3 Å². The average Bonchev–Trinajstić information content (AvgIpc) is 0.999. The van der Waals surface area contributed by atoms with E-state index < -0.39 is 97.5 Å². The van der Waals surface area contributed by atoms with Gasteiger partial charge in [-0.15, -0.1) is 0 Å². The molecule has 0 rings (SSSR count). The highest BCUT2D eigenvalue weighted by molar-refractivity contribution is 7.47. The molecule has 0 aliphatic heterocycles.